The second kappa shape index (κ2) is 19.4. The number of carbonyl (C=O) groups is 4. The van der Waals surface area contributed by atoms with Crippen molar-refractivity contribution in [2.24, 2.45) is 5.73 Å². The molecule has 2 heterocycles. The maximum Gasteiger partial charge on any atom is 0.407 e. The number of alkyl carbamates (subject to hydrolysis) is 1. The molecule has 2 unspecified atom stereocenters. The third-order valence-electron chi connectivity index (χ3n) is 8.68. The molecule has 0 saturated carbocycles. The fraction of sp³-hybridized carbons (Fsp3) is 0.263. The van der Waals surface area contributed by atoms with E-state index >= 15 is 0 Å². The number of benzene rings is 4. The van der Waals surface area contributed by atoms with Gasteiger partial charge in [0.15, 0.2) is 0 Å². The average Bonchev–Trinajstić information content (AvgIpc) is 3.17. The van der Waals surface area contributed by atoms with Crippen LogP contribution in [0.25, 0.3) is 0 Å². The van der Waals surface area contributed by atoms with Gasteiger partial charge in [0, 0.05) is 56.2 Å². The molecule has 6 rings (SSSR count). The maximum absolute atomic E-state index is 13.3. The smallest absolute Gasteiger partial charge is 0.407 e. The van der Waals surface area contributed by atoms with Crippen molar-refractivity contribution in [2.75, 3.05) is 61.8 Å². The summed E-state index contributed by atoms with van der Waals surface area (Å²) in [6, 6.07) is 18.6. The highest BCUT2D eigenvalue weighted by molar-refractivity contribution is 6.61. The lowest BCUT2D eigenvalue weighted by molar-refractivity contribution is 0.101. The molecular weight excluding hydrogens is 781 g/mol. The fourth-order valence-electron chi connectivity index (χ4n) is 6.01. The van der Waals surface area contributed by atoms with Gasteiger partial charge in [-0.1, -0.05) is 47.5 Å². The minimum atomic E-state index is -0.773. The van der Waals surface area contributed by atoms with Crippen molar-refractivity contribution in [3.63, 3.8) is 0 Å². The molecule has 2 aliphatic heterocycles. The number of methoxy groups -OCH3 is 2. The number of para-hydroxylation sites is 2. The number of ether oxygens (including phenoxy) is 2. The Morgan fingerprint density at radius 3 is 1.64 bits per heavy atom. The third kappa shape index (κ3) is 11.0. The molecule has 55 heavy (non-hydrogen) atoms. The summed E-state index contributed by atoms with van der Waals surface area (Å²) < 4.78 is 35.1. The Morgan fingerprint density at radius 1 is 0.727 bits per heavy atom. The Labute approximate surface area is 331 Å². The highest BCUT2D eigenvalue weighted by Gasteiger charge is 2.29. The van der Waals surface area contributed by atoms with Gasteiger partial charge in [0.2, 0.25) is 0 Å². The van der Waals surface area contributed by atoms with Gasteiger partial charge in [-0.15, -0.1) is 0 Å². The van der Waals surface area contributed by atoms with Crippen molar-refractivity contribution in [1.82, 2.24) is 5.32 Å². The van der Waals surface area contributed by atoms with E-state index in [2.05, 4.69) is 37.0 Å². The van der Waals surface area contributed by atoms with Gasteiger partial charge in [0.05, 0.1) is 52.8 Å². The van der Waals surface area contributed by atoms with E-state index in [0.717, 1.165) is 35.5 Å². The van der Waals surface area contributed by atoms with Gasteiger partial charge in [0.1, 0.15) is 11.6 Å². The SMILES string of the molecule is CN1CCC(N)c2cccc(C(=O)Nc3ccc(F)c(Cl)c3)c21.COC(=O)Cl.COC(=O)NC1CCN(C)c2c(C(=O)Nc3ccc(F)c(Cl)c3)cccc21. The largest absolute Gasteiger partial charge is 0.457 e. The number of nitrogens with zero attached hydrogens (tertiary/aromatic N) is 2. The third-order valence-corrected chi connectivity index (χ3v) is 9.42. The minimum Gasteiger partial charge on any atom is -0.457 e. The van der Waals surface area contributed by atoms with Crippen LogP contribution in [0.4, 0.5) is 41.1 Å². The normalized spacial score (nSPS) is 15.4. The lowest BCUT2D eigenvalue weighted by Crippen LogP contribution is -2.37. The van der Waals surface area contributed by atoms with Crippen LogP contribution in [-0.4, -0.2) is 64.7 Å². The Hall–Kier alpha value is -5.15. The number of halogens is 5. The molecule has 17 heteroatoms. The first-order valence-corrected chi connectivity index (χ1v) is 17.8. The first-order chi connectivity index (χ1) is 26.1. The number of anilines is 4. The van der Waals surface area contributed by atoms with Crippen molar-refractivity contribution in [3.05, 3.63) is 117 Å². The van der Waals surface area contributed by atoms with E-state index in [1.807, 2.05) is 42.1 Å². The molecule has 3 amide bonds. The summed E-state index contributed by atoms with van der Waals surface area (Å²) in [6.45, 7) is 1.45. The molecule has 0 saturated heterocycles. The number of nitrogens with one attached hydrogen (secondary N) is 3. The number of hydrogen-bond acceptors (Lipinski definition) is 9. The van der Waals surface area contributed by atoms with Crippen LogP contribution in [0.2, 0.25) is 10.0 Å². The second-order valence-corrected chi connectivity index (χ2v) is 13.4. The molecule has 4 aromatic carbocycles. The van der Waals surface area contributed by atoms with E-state index in [4.69, 9.17) is 28.9 Å². The van der Waals surface area contributed by atoms with Crippen LogP contribution in [0.3, 0.4) is 0 Å². The Morgan fingerprint density at radius 2 is 1.18 bits per heavy atom. The molecule has 2 aliphatic rings. The van der Waals surface area contributed by atoms with Crippen molar-refractivity contribution in [2.45, 2.75) is 24.9 Å². The zero-order valence-electron chi connectivity index (χ0n) is 30.2. The number of hydrogen-bond donors (Lipinski definition) is 4. The monoisotopic (exact) mass is 818 g/mol. The zero-order chi connectivity index (χ0) is 40.4. The summed E-state index contributed by atoms with van der Waals surface area (Å²) in [5.41, 5.74) is 10.6. The van der Waals surface area contributed by atoms with Crippen LogP contribution in [0.15, 0.2) is 72.8 Å². The maximum atomic E-state index is 13.3. The van der Waals surface area contributed by atoms with E-state index in [1.165, 1.54) is 50.6 Å². The number of amides is 3. The molecule has 292 valence electrons. The highest BCUT2D eigenvalue weighted by Crippen LogP contribution is 2.37. The zero-order valence-corrected chi connectivity index (χ0v) is 32.5. The number of carbonyl (C=O) groups excluding carboxylic acids is 4. The van der Waals surface area contributed by atoms with Gasteiger partial charge in [0.25, 0.3) is 11.8 Å². The van der Waals surface area contributed by atoms with Crippen LogP contribution < -0.4 is 31.5 Å². The molecule has 5 N–H and O–H groups in total. The summed E-state index contributed by atoms with van der Waals surface area (Å²) in [4.78, 5) is 50.4. The quantitative estimate of drug-likeness (QED) is 0.145. The van der Waals surface area contributed by atoms with Gasteiger partial charge in [-0.05, 0) is 72.5 Å². The molecule has 2 atom stereocenters. The Bertz CT molecular complexity index is 2060. The predicted molar refractivity (Wildman–Crippen MR) is 211 cm³/mol. The molecule has 0 aliphatic carbocycles. The van der Waals surface area contributed by atoms with Crippen LogP contribution >= 0.6 is 34.8 Å². The van der Waals surface area contributed by atoms with Gasteiger partial charge in [-0.25, -0.2) is 18.4 Å². The van der Waals surface area contributed by atoms with Gasteiger partial charge >= 0.3 is 11.5 Å². The minimum absolute atomic E-state index is 0.0305. The number of nitrogens with two attached hydrogens (primary N) is 1. The summed E-state index contributed by atoms with van der Waals surface area (Å²) in [7, 11) is 6.35. The van der Waals surface area contributed by atoms with Crippen LogP contribution in [0.1, 0.15) is 56.8 Å². The first-order valence-electron chi connectivity index (χ1n) is 16.7. The van der Waals surface area contributed by atoms with Crippen molar-refractivity contribution in [3.8, 4) is 0 Å². The highest BCUT2D eigenvalue weighted by atomic mass is 35.5. The van der Waals surface area contributed by atoms with E-state index in [9.17, 15) is 28.0 Å². The molecule has 0 radical (unpaired) electrons. The first kappa shape index (κ1) is 42.6. The van der Waals surface area contributed by atoms with Crippen LogP contribution in [-0.2, 0) is 9.47 Å². The lowest BCUT2D eigenvalue weighted by atomic mass is 9.93. The average molecular weight is 820 g/mol. The molecule has 4 aromatic rings. The second-order valence-electron chi connectivity index (χ2n) is 12.3. The van der Waals surface area contributed by atoms with Crippen molar-refractivity contribution >= 4 is 80.9 Å². The van der Waals surface area contributed by atoms with Gasteiger partial charge in [-0.2, -0.15) is 0 Å². The number of rotatable bonds is 5. The van der Waals surface area contributed by atoms with Crippen molar-refractivity contribution in [1.29, 1.82) is 0 Å². The summed E-state index contributed by atoms with van der Waals surface area (Å²) in [5.74, 6) is -1.69. The van der Waals surface area contributed by atoms with E-state index < -0.39 is 23.2 Å². The Kier molecular flexibility index (Phi) is 15.1. The van der Waals surface area contributed by atoms with E-state index in [1.54, 1.807) is 18.2 Å². The Balaban J connectivity index is 0.000000220. The lowest BCUT2D eigenvalue weighted by Gasteiger charge is -2.34. The molecule has 12 nitrogen and oxygen atoms in total. The molecule has 0 bridgehead atoms. The topological polar surface area (TPSA) is 155 Å². The summed E-state index contributed by atoms with van der Waals surface area (Å²) in [6.07, 6.45) is 1.02. The predicted octanol–water partition coefficient (Wildman–Crippen LogP) is 8.53. The van der Waals surface area contributed by atoms with Crippen LogP contribution in [0.5, 0.6) is 0 Å². The standard InChI is InChI=1S/C19H19ClFN3O3.C17H17ClFN3O.C2H3ClO2/c1-24-9-8-16(23-19(26)27-2)12-4-3-5-13(17(12)24)18(25)22-11-6-7-15(21)14(20)10-11;1-22-8-7-15(20)11-3-2-4-12(16(11)22)17(23)21-10-5-6-14(19)13(18)9-10;1-5-2(3)4/h3-7,10,16H,8-9H2,1-2H3,(H,22,25)(H,23,26);2-6,9,15H,7-8,20H2,1H3,(H,21,23);1H3. The summed E-state index contributed by atoms with van der Waals surface area (Å²) >= 11 is 16.1. The molecule has 0 fully saturated rings. The van der Waals surface area contributed by atoms with E-state index in [0.29, 0.717) is 35.5 Å². The number of fused-ring (bicyclic) bond motifs is 2. The fourth-order valence-corrected chi connectivity index (χ4v) is 6.37. The van der Waals surface area contributed by atoms with E-state index in [-0.39, 0.29) is 33.9 Å². The molecule has 0 spiro atoms. The van der Waals surface area contributed by atoms with Crippen LogP contribution in [0, 0.1) is 11.6 Å². The molecule has 0 aromatic heterocycles. The summed E-state index contributed by atoms with van der Waals surface area (Å²) in [5, 5.41) is 8.19. The van der Waals surface area contributed by atoms with Gasteiger partial charge in [-0.3, -0.25) is 9.59 Å². The molecular formula is C38H39Cl3F2N6O6. The van der Waals surface area contributed by atoms with Crippen molar-refractivity contribution < 1.29 is 37.4 Å². The van der Waals surface area contributed by atoms with Gasteiger partial charge < -0.3 is 41.0 Å².